The summed E-state index contributed by atoms with van der Waals surface area (Å²) in [4.78, 5) is -0.262. The van der Waals surface area contributed by atoms with E-state index in [4.69, 9.17) is 11.6 Å². The van der Waals surface area contributed by atoms with Crippen LogP contribution in [-0.2, 0) is 23.7 Å². The minimum atomic E-state index is -4.33. The van der Waals surface area contributed by atoms with Crippen molar-refractivity contribution in [1.82, 2.24) is 4.57 Å². The number of imidazole rings is 1. The number of unbranched alkanes of at least 4 members (excludes halogenated alkanes) is 1. The molecule has 0 aliphatic rings. The van der Waals surface area contributed by atoms with Gasteiger partial charge in [0, 0.05) is 5.02 Å². The van der Waals surface area contributed by atoms with E-state index in [2.05, 4.69) is 34.8 Å². The first-order chi connectivity index (χ1) is 9.82. The van der Waals surface area contributed by atoms with Gasteiger partial charge in [-0.25, -0.2) is 17.6 Å². The molecule has 0 atom stereocenters. The number of halogens is 1. The van der Waals surface area contributed by atoms with Crippen LogP contribution in [0.1, 0.15) is 19.8 Å². The van der Waals surface area contributed by atoms with Crippen LogP contribution < -0.4 is 4.57 Å². The average molecular weight is 331 g/mol. The lowest BCUT2D eigenvalue weighted by Gasteiger charge is -2.05. The molecule has 1 aromatic carbocycles. The van der Waals surface area contributed by atoms with Crippen molar-refractivity contribution in [3.63, 3.8) is 0 Å². The third-order valence-corrected chi connectivity index (χ3v) is 3.80. The molecule has 0 bridgehead atoms. The standard InChI is InChI=1S/C8H15N2.C6H5ClO3S/c1-3-4-5-10-7-6-9(2)8-10;7-5-1-3-6(4-2-5)11(8,9)10/h6-8H,3-5H2,1-2H3;1-4H,(H,8,9,10)/q+1;/p-1. The van der Waals surface area contributed by atoms with Crippen molar-refractivity contribution < 1.29 is 17.5 Å². The van der Waals surface area contributed by atoms with Gasteiger partial charge in [0.15, 0.2) is 0 Å². The molecule has 21 heavy (non-hydrogen) atoms. The summed E-state index contributed by atoms with van der Waals surface area (Å²) in [5.41, 5.74) is 0. The van der Waals surface area contributed by atoms with Gasteiger partial charge in [0.2, 0.25) is 6.33 Å². The Bertz CT molecular complexity index is 651. The van der Waals surface area contributed by atoms with E-state index >= 15 is 0 Å². The molecule has 0 radical (unpaired) electrons. The van der Waals surface area contributed by atoms with Gasteiger partial charge in [-0.1, -0.05) is 24.9 Å². The highest BCUT2D eigenvalue weighted by molar-refractivity contribution is 7.85. The SMILES string of the molecule is CCCCn1cc[n+](C)c1.O=S(=O)([O-])c1ccc(Cl)cc1. The van der Waals surface area contributed by atoms with Crippen molar-refractivity contribution in [2.75, 3.05) is 0 Å². The van der Waals surface area contributed by atoms with E-state index in [1.54, 1.807) is 0 Å². The Morgan fingerprint density at radius 3 is 2.33 bits per heavy atom. The van der Waals surface area contributed by atoms with Crippen LogP contribution in [0.5, 0.6) is 0 Å². The van der Waals surface area contributed by atoms with Crippen LogP contribution in [0.15, 0.2) is 47.9 Å². The summed E-state index contributed by atoms with van der Waals surface area (Å²) in [7, 11) is -2.28. The van der Waals surface area contributed by atoms with Crippen LogP contribution in [0.4, 0.5) is 0 Å². The molecular formula is C14H19ClN2O3S. The lowest BCUT2D eigenvalue weighted by atomic mass is 10.3. The maximum atomic E-state index is 10.3. The monoisotopic (exact) mass is 330 g/mol. The van der Waals surface area contributed by atoms with Crippen LogP contribution in [0.2, 0.25) is 5.02 Å². The zero-order valence-corrected chi connectivity index (χ0v) is 13.6. The van der Waals surface area contributed by atoms with E-state index in [9.17, 15) is 13.0 Å². The Kier molecular flexibility index (Phi) is 6.87. The van der Waals surface area contributed by atoms with Crippen LogP contribution >= 0.6 is 11.6 Å². The molecule has 0 fully saturated rings. The summed E-state index contributed by atoms with van der Waals surface area (Å²) in [6.45, 7) is 3.36. The zero-order chi connectivity index (χ0) is 15.9. The summed E-state index contributed by atoms with van der Waals surface area (Å²) in [6, 6.07) is 5.05. The Morgan fingerprint density at radius 1 is 1.29 bits per heavy atom. The van der Waals surface area contributed by atoms with E-state index in [0.29, 0.717) is 5.02 Å². The maximum Gasteiger partial charge on any atom is 0.243 e. The fourth-order valence-electron chi connectivity index (χ4n) is 1.58. The molecule has 1 heterocycles. The summed E-state index contributed by atoms with van der Waals surface area (Å²) in [5.74, 6) is 0. The molecule has 116 valence electrons. The van der Waals surface area contributed by atoms with Crippen molar-refractivity contribution in [2.45, 2.75) is 31.2 Å². The molecule has 0 aliphatic heterocycles. The van der Waals surface area contributed by atoms with Gasteiger partial charge in [-0.2, -0.15) is 0 Å². The van der Waals surface area contributed by atoms with Gasteiger partial charge in [0.05, 0.1) is 18.5 Å². The first-order valence-corrected chi connectivity index (χ1v) is 8.34. The van der Waals surface area contributed by atoms with Gasteiger partial charge >= 0.3 is 0 Å². The molecule has 2 aromatic rings. The van der Waals surface area contributed by atoms with Crippen molar-refractivity contribution in [2.24, 2.45) is 7.05 Å². The second kappa shape index (κ2) is 8.17. The predicted molar refractivity (Wildman–Crippen MR) is 79.9 cm³/mol. The number of nitrogens with zero attached hydrogens (tertiary/aromatic N) is 2. The first-order valence-electron chi connectivity index (χ1n) is 6.55. The maximum absolute atomic E-state index is 10.3. The molecule has 0 aliphatic carbocycles. The topological polar surface area (TPSA) is 66.0 Å². The second-order valence-electron chi connectivity index (χ2n) is 4.58. The van der Waals surface area contributed by atoms with Gasteiger partial charge in [-0.3, -0.25) is 0 Å². The van der Waals surface area contributed by atoms with Crippen molar-refractivity contribution in [3.8, 4) is 0 Å². The Labute approximate surface area is 130 Å². The second-order valence-corrected chi connectivity index (χ2v) is 6.39. The zero-order valence-electron chi connectivity index (χ0n) is 12.1. The molecular weight excluding hydrogens is 312 g/mol. The Balaban J connectivity index is 0.000000211. The highest BCUT2D eigenvalue weighted by Gasteiger charge is 1.98. The van der Waals surface area contributed by atoms with Gasteiger partial charge in [0.25, 0.3) is 0 Å². The van der Waals surface area contributed by atoms with Crippen molar-refractivity contribution in [3.05, 3.63) is 48.0 Å². The van der Waals surface area contributed by atoms with Crippen LogP contribution in [0.25, 0.3) is 0 Å². The highest BCUT2D eigenvalue weighted by atomic mass is 35.5. The number of hydrogen-bond acceptors (Lipinski definition) is 3. The van der Waals surface area contributed by atoms with Gasteiger partial charge in [0.1, 0.15) is 22.5 Å². The summed E-state index contributed by atoms with van der Waals surface area (Å²) in [5, 5.41) is 0.400. The van der Waals surface area contributed by atoms with Gasteiger partial charge in [-0.15, -0.1) is 0 Å². The fourth-order valence-corrected chi connectivity index (χ4v) is 2.17. The van der Waals surface area contributed by atoms with E-state index in [1.165, 1.54) is 37.1 Å². The number of aromatic nitrogens is 2. The van der Waals surface area contributed by atoms with Crippen LogP contribution in [0.3, 0.4) is 0 Å². The first kappa shape index (κ1) is 17.7. The third-order valence-electron chi connectivity index (χ3n) is 2.70. The van der Waals surface area contributed by atoms with Crippen molar-refractivity contribution in [1.29, 1.82) is 0 Å². The molecule has 2 rings (SSSR count). The molecule has 7 heteroatoms. The van der Waals surface area contributed by atoms with Gasteiger partial charge < -0.3 is 4.55 Å². The normalized spacial score (nSPS) is 10.9. The fraction of sp³-hybridized carbons (Fsp3) is 0.357. The third kappa shape index (κ3) is 6.75. The quantitative estimate of drug-likeness (QED) is 0.638. The molecule has 0 saturated carbocycles. The highest BCUT2D eigenvalue weighted by Crippen LogP contribution is 2.12. The molecule has 5 nitrogen and oxygen atoms in total. The minimum Gasteiger partial charge on any atom is -0.744 e. The molecule has 0 unspecified atom stereocenters. The number of benzene rings is 1. The minimum absolute atomic E-state index is 0.262. The average Bonchev–Trinajstić information content (AvgIpc) is 2.82. The van der Waals surface area contributed by atoms with E-state index in [-0.39, 0.29) is 4.90 Å². The van der Waals surface area contributed by atoms with E-state index in [1.807, 2.05) is 7.05 Å². The summed E-state index contributed by atoms with van der Waals surface area (Å²) in [6.07, 6.45) is 8.82. The molecule has 1 aromatic heterocycles. The predicted octanol–water partition coefficient (Wildman–Crippen LogP) is 2.36. The smallest absolute Gasteiger partial charge is 0.243 e. The van der Waals surface area contributed by atoms with E-state index in [0.717, 1.165) is 6.54 Å². The summed E-state index contributed by atoms with van der Waals surface area (Å²) < 4.78 is 35.3. The van der Waals surface area contributed by atoms with Crippen LogP contribution in [0, 0.1) is 0 Å². The summed E-state index contributed by atoms with van der Waals surface area (Å²) >= 11 is 5.46. The number of rotatable bonds is 4. The largest absolute Gasteiger partial charge is 0.744 e. The number of aryl methyl sites for hydroxylation is 2. The number of hydrogen-bond donors (Lipinski definition) is 0. The molecule has 0 amide bonds. The van der Waals surface area contributed by atoms with Gasteiger partial charge in [-0.05, 0) is 30.7 Å². The Morgan fingerprint density at radius 2 is 1.90 bits per heavy atom. The van der Waals surface area contributed by atoms with Crippen molar-refractivity contribution >= 4 is 21.7 Å². The van der Waals surface area contributed by atoms with E-state index < -0.39 is 10.1 Å². The molecule has 0 N–H and O–H groups in total. The Hall–Kier alpha value is -1.37. The lowest BCUT2D eigenvalue weighted by molar-refractivity contribution is -0.671. The lowest BCUT2D eigenvalue weighted by Crippen LogP contribution is -2.23. The van der Waals surface area contributed by atoms with Crippen LogP contribution in [-0.4, -0.2) is 17.5 Å². The molecule has 0 spiro atoms. The molecule has 0 saturated heterocycles.